The molecule has 0 aliphatic rings. The number of thiocarbonyl (C=S) groups is 1. The summed E-state index contributed by atoms with van der Waals surface area (Å²) in [7, 11) is 0. The Morgan fingerprint density at radius 2 is 2.11 bits per heavy atom. The minimum atomic E-state index is -0.691. The number of nitrogens with zero attached hydrogens (tertiary/aromatic N) is 1. The zero-order valence-electron chi connectivity index (χ0n) is 10.4. The zero-order valence-corrected chi connectivity index (χ0v) is 11.2. The van der Waals surface area contributed by atoms with E-state index in [0.717, 1.165) is 6.21 Å². The Labute approximate surface area is 116 Å². The topological polar surface area (TPSA) is 84.9 Å². The number of aliphatic hydroxyl groups excluding tert-OH is 1. The summed E-state index contributed by atoms with van der Waals surface area (Å²) in [4.78, 5) is 15.4. The summed E-state index contributed by atoms with van der Waals surface area (Å²) in [6, 6.07) is 8.58. The van der Waals surface area contributed by atoms with Crippen LogP contribution in [0, 0.1) is 0 Å². The molecule has 0 spiro atoms. The van der Waals surface area contributed by atoms with E-state index < -0.39 is 5.97 Å². The van der Waals surface area contributed by atoms with E-state index in [9.17, 15) is 9.90 Å². The highest BCUT2D eigenvalue weighted by molar-refractivity contribution is 7.80. The molecule has 0 saturated heterocycles. The van der Waals surface area contributed by atoms with Crippen LogP contribution in [0.15, 0.2) is 40.9 Å². The van der Waals surface area contributed by atoms with Crippen LogP contribution in [0.25, 0.3) is 5.76 Å². The number of aliphatic hydroxyl groups is 1. The van der Waals surface area contributed by atoms with Gasteiger partial charge in [-0.2, -0.15) is 0 Å². The Morgan fingerprint density at radius 1 is 1.47 bits per heavy atom. The Kier molecular flexibility index (Phi) is 5.69. The van der Waals surface area contributed by atoms with Crippen molar-refractivity contribution in [1.29, 1.82) is 0 Å². The number of aliphatic imine (C=N–C) groups is 1. The van der Waals surface area contributed by atoms with Crippen LogP contribution in [-0.4, -0.2) is 29.0 Å². The summed E-state index contributed by atoms with van der Waals surface area (Å²) in [6.07, 6.45) is 1.10. The lowest BCUT2D eigenvalue weighted by Gasteiger charge is -2.06. The number of benzene rings is 1. The van der Waals surface area contributed by atoms with Gasteiger partial charge in [0.1, 0.15) is 11.3 Å². The highest BCUT2D eigenvalue weighted by Crippen LogP contribution is 2.15. The second kappa shape index (κ2) is 7.27. The van der Waals surface area contributed by atoms with E-state index in [0.29, 0.717) is 5.56 Å². The van der Waals surface area contributed by atoms with Gasteiger partial charge in [-0.25, -0.2) is 9.79 Å². The van der Waals surface area contributed by atoms with Gasteiger partial charge in [-0.05, 0) is 19.1 Å². The molecule has 0 amide bonds. The molecule has 6 heteroatoms. The van der Waals surface area contributed by atoms with Gasteiger partial charge in [-0.15, -0.1) is 0 Å². The van der Waals surface area contributed by atoms with Crippen molar-refractivity contribution in [3.63, 3.8) is 0 Å². The number of esters is 1. The number of rotatable bonds is 4. The third-order valence-corrected chi connectivity index (χ3v) is 2.22. The van der Waals surface area contributed by atoms with Crippen molar-refractivity contribution < 1.29 is 14.6 Å². The number of carbonyl (C=O) groups excluding carboxylic acids is 1. The lowest BCUT2D eigenvalue weighted by Crippen LogP contribution is -2.13. The van der Waals surface area contributed by atoms with Crippen molar-refractivity contribution in [2.75, 3.05) is 6.61 Å². The Bertz CT molecular complexity index is 524. The monoisotopic (exact) mass is 278 g/mol. The molecule has 0 fully saturated rings. The predicted octanol–water partition coefficient (Wildman–Crippen LogP) is 1.83. The first-order chi connectivity index (χ1) is 9.06. The van der Waals surface area contributed by atoms with Gasteiger partial charge in [-0.3, -0.25) is 0 Å². The van der Waals surface area contributed by atoms with Crippen molar-refractivity contribution in [3.05, 3.63) is 41.5 Å². The van der Waals surface area contributed by atoms with Gasteiger partial charge < -0.3 is 15.6 Å². The average molecular weight is 278 g/mol. The molecule has 1 aromatic carbocycles. The largest absolute Gasteiger partial charge is 0.506 e. The van der Waals surface area contributed by atoms with E-state index in [1.165, 1.54) is 0 Å². The van der Waals surface area contributed by atoms with Crippen molar-refractivity contribution >= 4 is 35.3 Å². The first-order valence-electron chi connectivity index (χ1n) is 5.55. The van der Waals surface area contributed by atoms with Gasteiger partial charge in [0.05, 0.1) is 6.61 Å². The van der Waals surface area contributed by atoms with Crippen molar-refractivity contribution in [1.82, 2.24) is 0 Å². The van der Waals surface area contributed by atoms with Crippen LogP contribution in [0.3, 0.4) is 0 Å². The van der Waals surface area contributed by atoms with Crippen LogP contribution >= 0.6 is 12.2 Å². The van der Waals surface area contributed by atoms with Gasteiger partial charge in [0.15, 0.2) is 5.11 Å². The molecule has 0 aliphatic carbocycles. The third-order valence-electron chi connectivity index (χ3n) is 2.12. The summed E-state index contributed by atoms with van der Waals surface area (Å²) in [6.45, 7) is 1.85. The molecule has 3 N–H and O–H groups in total. The van der Waals surface area contributed by atoms with Gasteiger partial charge in [-0.1, -0.05) is 30.3 Å². The van der Waals surface area contributed by atoms with Crippen LogP contribution in [0.4, 0.5) is 0 Å². The second-order valence-corrected chi connectivity index (χ2v) is 3.86. The fourth-order valence-corrected chi connectivity index (χ4v) is 1.35. The first kappa shape index (κ1) is 14.8. The van der Waals surface area contributed by atoms with Gasteiger partial charge >= 0.3 is 5.97 Å². The van der Waals surface area contributed by atoms with Crippen LogP contribution in [0.5, 0.6) is 0 Å². The van der Waals surface area contributed by atoms with E-state index in [1.54, 1.807) is 37.3 Å². The van der Waals surface area contributed by atoms with E-state index >= 15 is 0 Å². The number of carbonyl (C=O) groups is 1. The van der Waals surface area contributed by atoms with Crippen LogP contribution < -0.4 is 5.73 Å². The molecule has 0 saturated carbocycles. The minimum absolute atomic E-state index is 0.0964. The van der Waals surface area contributed by atoms with Crippen LogP contribution in [0.2, 0.25) is 0 Å². The summed E-state index contributed by atoms with van der Waals surface area (Å²) >= 11 is 4.59. The molecule has 0 radical (unpaired) electrons. The maximum atomic E-state index is 11.8. The minimum Gasteiger partial charge on any atom is -0.506 e. The standard InChI is InChI=1S/C13H14N2O3S/c1-2-18-12(17)10(8-15-13(14)19)11(16)9-6-4-3-5-7-9/h3-8,16H,2H2,1H3,(H2,14,19)/b11-10-,15-8+. The van der Waals surface area contributed by atoms with Crippen molar-refractivity contribution in [3.8, 4) is 0 Å². The van der Waals surface area contributed by atoms with Crippen molar-refractivity contribution in [2.45, 2.75) is 6.92 Å². The molecule has 5 nitrogen and oxygen atoms in total. The van der Waals surface area contributed by atoms with E-state index in [2.05, 4.69) is 17.2 Å². The Morgan fingerprint density at radius 3 is 2.63 bits per heavy atom. The van der Waals surface area contributed by atoms with E-state index in [4.69, 9.17) is 10.5 Å². The number of ether oxygens (including phenoxy) is 1. The lowest BCUT2D eigenvalue weighted by atomic mass is 10.1. The highest BCUT2D eigenvalue weighted by atomic mass is 32.1. The second-order valence-electron chi connectivity index (χ2n) is 3.45. The molecule has 100 valence electrons. The molecule has 1 aromatic rings. The van der Waals surface area contributed by atoms with Crippen LogP contribution in [-0.2, 0) is 9.53 Å². The summed E-state index contributed by atoms with van der Waals surface area (Å²) in [5, 5.41) is 9.96. The van der Waals surface area contributed by atoms with Gasteiger partial charge in [0, 0.05) is 11.8 Å². The first-order valence-corrected chi connectivity index (χ1v) is 5.96. The number of hydrogen-bond acceptors (Lipinski definition) is 4. The predicted molar refractivity (Wildman–Crippen MR) is 77.9 cm³/mol. The molecule has 19 heavy (non-hydrogen) atoms. The molecule has 0 heterocycles. The van der Waals surface area contributed by atoms with Crippen LogP contribution in [0.1, 0.15) is 12.5 Å². The smallest absolute Gasteiger partial charge is 0.343 e. The van der Waals surface area contributed by atoms with Gasteiger partial charge in [0.2, 0.25) is 0 Å². The number of nitrogens with two attached hydrogens (primary N) is 1. The molecule has 0 bridgehead atoms. The molecular weight excluding hydrogens is 264 g/mol. The molecule has 0 atom stereocenters. The van der Waals surface area contributed by atoms with Crippen molar-refractivity contribution in [2.24, 2.45) is 10.7 Å². The fraction of sp³-hybridized carbons (Fsp3) is 0.154. The summed E-state index contributed by atoms with van der Waals surface area (Å²) < 4.78 is 4.85. The maximum absolute atomic E-state index is 11.8. The normalized spacial score (nSPS) is 12.1. The van der Waals surface area contributed by atoms with E-state index in [-0.39, 0.29) is 23.1 Å². The SMILES string of the molecule is CCOC(=O)C(/C=N/C(N)=S)=C(\O)c1ccccc1. The summed E-state index contributed by atoms with van der Waals surface area (Å²) in [5.41, 5.74) is 5.61. The average Bonchev–Trinajstić information content (AvgIpc) is 2.39. The van der Waals surface area contributed by atoms with Gasteiger partial charge in [0.25, 0.3) is 0 Å². The highest BCUT2D eigenvalue weighted by Gasteiger charge is 2.16. The quantitative estimate of drug-likeness (QED) is 0.288. The Hall–Kier alpha value is -2.21. The molecule has 0 unspecified atom stereocenters. The fourth-order valence-electron chi connectivity index (χ4n) is 1.30. The lowest BCUT2D eigenvalue weighted by molar-refractivity contribution is -0.137. The zero-order chi connectivity index (χ0) is 14.3. The maximum Gasteiger partial charge on any atom is 0.343 e. The molecular formula is C13H14N2O3S. The van der Waals surface area contributed by atoms with E-state index in [1.807, 2.05) is 0 Å². The third kappa shape index (κ3) is 4.51. The summed E-state index contributed by atoms with van der Waals surface area (Å²) in [5.74, 6) is -0.928. The Balaban J connectivity index is 3.21. The molecule has 0 aliphatic heterocycles. The molecule has 0 aromatic heterocycles. The number of hydrogen-bond donors (Lipinski definition) is 2. The molecule has 1 rings (SSSR count).